The highest BCUT2D eigenvalue weighted by atomic mass is 16.5. The van der Waals surface area contributed by atoms with Crippen LogP contribution in [0.15, 0.2) is 24.3 Å². The van der Waals surface area contributed by atoms with Gasteiger partial charge in [-0.3, -0.25) is 4.79 Å². The predicted octanol–water partition coefficient (Wildman–Crippen LogP) is 0.350. The van der Waals surface area contributed by atoms with E-state index in [4.69, 9.17) is 15.6 Å². The summed E-state index contributed by atoms with van der Waals surface area (Å²) < 4.78 is 4.93. The Kier molecular flexibility index (Phi) is 5.45. The number of aliphatic hydroxyl groups is 1. The number of hydrogen-bond donors (Lipinski definition) is 2. The fourth-order valence-corrected chi connectivity index (χ4v) is 1.49. The van der Waals surface area contributed by atoms with E-state index < -0.39 is 0 Å². The van der Waals surface area contributed by atoms with Crippen molar-refractivity contribution in [1.82, 2.24) is 4.90 Å². The van der Waals surface area contributed by atoms with Crippen molar-refractivity contribution in [3.63, 3.8) is 0 Å². The second kappa shape index (κ2) is 6.88. The number of nitrogen functional groups attached to an aromatic ring is 1. The molecule has 1 rings (SSSR count). The molecule has 1 amide bonds. The van der Waals surface area contributed by atoms with Gasteiger partial charge in [0, 0.05) is 31.5 Å². The van der Waals surface area contributed by atoms with Crippen molar-refractivity contribution in [2.24, 2.45) is 0 Å². The van der Waals surface area contributed by atoms with Crippen LogP contribution in [0.4, 0.5) is 5.69 Å². The second-order valence-corrected chi connectivity index (χ2v) is 3.63. The molecule has 1 aromatic carbocycles. The van der Waals surface area contributed by atoms with Crippen molar-refractivity contribution in [3.05, 3.63) is 29.8 Å². The smallest absolute Gasteiger partial charge is 0.254 e. The molecule has 94 valence electrons. The molecule has 0 aliphatic rings. The highest BCUT2D eigenvalue weighted by Gasteiger charge is 2.14. The number of nitrogens with two attached hydrogens (primary N) is 1. The molecule has 0 aromatic heterocycles. The fraction of sp³-hybridized carbons (Fsp3) is 0.417. The molecule has 0 heterocycles. The van der Waals surface area contributed by atoms with E-state index in [0.29, 0.717) is 24.4 Å². The summed E-state index contributed by atoms with van der Waals surface area (Å²) in [6.07, 6.45) is 0. The number of aliphatic hydroxyl groups excluding tert-OH is 1. The molecule has 1 aromatic rings. The third kappa shape index (κ3) is 4.05. The lowest BCUT2D eigenvalue weighted by molar-refractivity contribution is 0.0656. The average Bonchev–Trinajstić information content (AvgIpc) is 2.33. The van der Waals surface area contributed by atoms with Crippen molar-refractivity contribution in [3.8, 4) is 0 Å². The Labute approximate surface area is 101 Å². The summed E-state index contributed by atoms with van der Waals surface area (Å²) in [5, 5.41) is 8.93. The largest absolute Gasteiger partial charge is 0.399 e. The minimum absolute atomic E-state index is 0.0717. The maximum absolute atomic E-state index is 12.1. The molecule has 0 saturated carbocycles. The number of carbonyl (C=O) groups excluding carboxylic acids is 1. The van der Waals surface area contributed by atoms with Gasteiger partial charge in [0.15, 0.2) is 0 Å². The van der Waals surface area contributed by atoms with Gasteiger partial charge in [0.2, 0.25) is 0 Å². The Hall–Kier alpha value is -1.59. The number of anilines is 1. The van der Waals surface area contributed by atoms with Gasteiger partial charge >= 0.3 is 0 Å². The van der Waals surface area contributed by atoms with Gasteiger partial charge in [-0.25, -0.2) is 0 Å². The van der Waals surface area contributed by atoms with Gasteiger partial charge in [0.05, 0.1) is 13.2 Å². The van der Waals surface area contributed by atoms with E-state index in [1.807, 2.05) is 0 Å². The van der Waals surface area contributed by atoms with E-state index in [-0.39, 0.29) is 19.1 Å². The number of amides is 1. The van der Waals surface area contributed by atoms with Crippen molar-refractivity contribution in [1.29, 1.82) is 0 Å². The van der Waals surface area contributed by atoms with E-state index in [0.717, 1.165) is 0 Å². The van der Waals surface area contributed by atoms with Gasteiger partial charge in [-0.2, -0.15) is 0 Å². The Morgan fingerprint density at radius 2 is 2.24 bits per heavy atom. The van der Waals surface area contributed by atoms with E-state index in [2.05, 4.69) is 0 Å². The Balaban J connectivity index is 2.76. The molecule has 0 unspecified atom stereocenters. The lowest BCUT2D eigenvalue weighted by Gasteiger charge is -2.21. The zero-order valence-corrected chi connectivity index (χ0v) is 9.93. The molecule has 0 fully saturated rings. The highest BCUT2D eigenvalue weighted by molar-refractivity contribution is 5.95. The van der Waals surface area contributed by atoms with Crippen LogP contribution in [-0.2, 0) is 4.74 Å². The summed E-state index contributed by atoms with van der Waals surface area (Å²) >= 11 is 0. The van der Waals surface area contributed by atoms with E-state index in [1.165, 1.54) is 4.90 Å². The minimum atomic E-state index is -0.150. The predicted molar refractivity (Wildman–Crippen MR) is 65.7 cm³/mol. The van der Waals surface area contributed by atoms with Crippen molar-refractivity contribution in [2.75, 3.05) is 39.1 Å². The number of carbonyl (C=O) groups is 1. The standard InChI is InChI=1S/C12H18N2O3/c1-17-8-6-14(5-7-15)12(16)10-3-2-4-11(13)9-10/h2-4,9,15H,5-8,13H2,1H3. The lowest BCUT2D eigenvalue weighted by Crippen LogP contribution is -2.36. The topological polar surface area (TPSA) is 75.8 Å². The highest BCUT2D eigenvalue weighted by Crippen LogP contribution is 2.09. The first-order valence-electron chi connectivity index (χ1n) is 5.43. The van der Waals surface area contributed by atoms with Crippen molar-refractivity contribution in [2.45, 2.75) is 0 Å². The molecule has 0 atom stereocenters. The first-order valence-corrected chi connectivity index (χ1v) is 5.43. The van der Waals surface area contributed by atoms with Crippen molar-refractivity contribution < 1.29 is 14.6 Å². The maximum Gasteiger partial charge on any atom is 0.254 e. The minimum Gasteiger partial charge on any atom is -0.399 e. The normalized spacial score (nSPS) is 10.2. The third-order valence-corrected chi connectivity index (χ3v) is 2.36. The summed E-state index contributed by atoms with van der Waals surface area (Å²) in [5.74, 6) is -0.150. The van der Waals surface area contributed by atoms with E-state index >= 15 is 0 Å². The molecule has 0 spiro atoms. The van der Waals surface area contributed by atoms with Gasteiger partial charge in [-0.1, -0.05) is 6.07 Å². The zero-order valence-electron chi connectivity index (χ0n) is 9.93. The van der Waals surface area contributed by atoms with Crippen LogP contribution in [0.25, 0.3) is 0 Å². The molecule has 5 nitrogen and oxygen atoms in total. The van der Waals surface area contributed by atoms with Gasteiger partial charge in [-0.15, -0.1) is 0 Å². The van der Waals surface area contributed by atoms with Crippen LogP contribution in [0.1, 0.15) is 10.4 Å². The van der Waals surface area contributed by atoms with Gasteiger partial charge in [0.25, 0.3) is 5.91 Å². The van der Waals surface area contributed by atoms with Crippen LogP contribution in [0.2, 0.25) is 0 Å². The zero-order chi connectivity index (χ0) is 12.7. The van der Waals surface area contributed by atoms with Crippen LogP contribution in [-0.4, -0.2) is 49.3 Å². The first kappa shape index (κ1) is 13.5. The van der Waals surface area contributed by atoms with Crippen LogP contribution in [0.5, 0.6) is 0 Å². The molecule has 17 heavy (non-hydrogen) atoms. The molecule has 0 bridgehead atoms. The van der Waals surface area contributed by atoms with Gasteiger partial charge < -0.3 is 20.5 Å². The van der Waals surface area contributed by atoms with Crippen LogP contribution in [0, 0.1) is 0 Å². The van der Waals surface area contributed by atoms with Crippen LogP contribution >= 0.6 is 0 Å². The second-order valence-electron chi connectivity index (χ2n) is 3.63. The number of hydrogen-bond acceptors (Lipinski definition) is 4. The summed E-state index contributed by atoms with van der Waals surface area (Å²) in [5.41, 5.74) is 6.70. The molecule has 0 saturated heterocycles. The lowest BCUT2D eigenvalue weighted by atomic mass is 10.2. The Morgan fingerprint density at radius 3 is 2.82 bits per heavy atom. The maximum atomic E-state index is 12.1. The molecule has 5 heteroatoms. The molecular formula is C12H18N2O3. The van der Waals surface area contributed by atoms with Gasteiger partial charge in [-0.05, 0) is 18.2 Å². The van der Waals surface area contributed by atoms with Crippen LogP contribution in [0.3, 0.4) is 0 Å². The number of rotatable bonds is 6. The average molecular weight is 238 g/mol. The SMILES string of the molecule is COCCN(CCO)C(=O)c1cccc(N)c1. The first-order chi connectivity index (χ1) is 8.19. The van der Waals surface area contributed by atoms with Crippen LogP contribution < -0.4 is 5.73 Å². The summed E-state index contributed by atoms with van der Waals surface area (Å²) in [6, 6.07) is 6.79. The Bertz CT molecular complexity index is 369. The summed E-state index contributed by atoms with van der Waals surface area (Å²) in [6.45, 7) is 1.10. The molecular weight excluding hydrogens is 220 g/mol. The number of benzene rings is 1. The third-order valence-electron chi connectivity index (χ3n) is 2.36. The number of ether oxygens (including phenoxy) is 1. The number of nitrogens with zero attached hydrogens (tertiary/aromatic N) is 1. The Morgan fingerprint density at radius 1 is 1.47 bits per heavy atom. The van der Waals surface area contributed by atoms with Crippen molar-refractivity contribution >= 4 is 11.6 Å². The molecule has 0 aliphatic carbocycles. The quantitative estimate of drug-likeness (QED) is 0.701. The monoisotopic (exact) mass is 238 g/mol. The molecule has 3 N–H and O–H groups in total. The molecule has 0 radical (unpaired) electrons. The summed E-state index contributed by atoms with van der Waals surface area (Å²) in [7, 11) is 1.57. The number of methoxy groups -OCH3 is 1. The fourth-order valence-electron chi connectivity index (χ4n) is 1.49. The van der Waals surface area contributed by atoms with E-state index in [1.54, 1.807) is 31.4 Å². The molecule has 0 aliphatic heterocycles. The van der Waals surface area contributed by atoms with E-state index in [9.17, 15) is 4.79 Å². The summed E-state index contributed by atoms with van der Waals surface area (Å²) in [4.78, 5) is 13.6. The van der Waals surface area contributed by atoms with Gasteiger partial charge in [0.1, 0.15) is 0 Å².